The van der Waals surface area contributed by atoms with E-state index in [4.69, 9.17) is 4.74 Å². The lowest BCUT2D eigenvalue weighted by atomic mass is 9.75. The first-order chi connectivity index (χ1) is 17.2. The van der Waals surface area contributed by atoms with Gasteiger partial charge in [-0.05, 0) is 67.4 Å². The number of nitrogens with one attached hydrogen (secondary N) is 3. The van der Waals surface area contributed by atoms with Gasteiger partial charge in [0.2, 0.25) is 0 Å². The summed E-state index contributed by atoms with van der Waals surface area (Å²) in [6.07, 6.45) is 8.80. The largest absolute Gasteiger partial charge is 0.384 e. The molecule has 196 valence electrons. The summed E-state index contributed by atoms with van der Waals surface area (Å²) in [5.74, 6) is 0.0840. The van der Waals surface area contributed by atoms with Gasteiger partial charge in [-0.3, -0.25) is 0 Å². The van der Waals surface area contributed by atoms with Gasteiger partial charge in [-0.1, -0.05) is 59.9 Å². The Kier molecular flexibility index (Phi) is 9.68. The quantitative estimate of drug-likeness (QED) is 0.281. The van der Waals surface area contributed by atoms with Crippen LogP contribution in [0.5, 0.6) is 0 Å². The van der Waals surface area contributed by atoms with Crippen LogP contribution in [0.2, 0.25) is 0 Å². The van der Waals surface area contributed by atoms with E-state index in [0.29, 0.717) is 12.2 Å². The molecule has 1 aromatic carbocycles. The molecule has 0 aliphatic carbocycles. The van der Waals surface area contributed by atoms with Gasteiger partial charge in [0.1, 0.15) is 0 Å². The third-order valence-corrected chi connectivity index (χ3v) is 7.03. The fourth-order valence-corrected chi connectivity index (χ4v) is 5.18. The Bertz CT molecular complexity index is 1050. The van der Waals surface area contributed by atoms with Gasteiger partial charge in [0.25, 0.3) is 0 Å². The standard InChI is InChI=1S/C31H46N4O/c1-8-11-12-13-14-23-25(9-2)35-29-21(4)19-33-30(36-10-3)28(29)27(23)24-16-15-22(18-32)17-26(24)34-20-31(5,6)7/h15-17,19,27,30,33-35H,8-14,20H2,1-7H3. The molecule has 36 heavy (non-hydrogen) atoms. The molecule has 3 N–H and O–H groups in total. The van der Waals surface area contributed by atoms with Crippen molar-refractivity contribution < 1.29 is 4.74 Å². The van der Waals surface area contributed by atoms with Crippen molar-refractivity contribution in [1.82, 2.24) is 10.6 Å². The summed E-state index contributed by atoms with van der Waals surface area (Å²) < 4.78 is 6.26. The predicted molar refractivity (Wildman–Crippen MR) is 150 cm³/mol. The van der Waals surface area contributed by atoms with Gasteiger partial charge in [-0.2, -0.15) is 5.26 Å². The third-order valence-electron chi connectivity index (χ3n) is 7.03. The number of rotatable bonds is 11. The Morgan fingerprint density at radius 1 is 1.11 bits per heavy atom. The van der Waals surface area contributed by atoms with Gasteiger partial charge in [0.05, 0.1) is 11.6 Å². The fourth-order valence-electron chi connectivity index (χ4n) is 5.18. The summed E-state index contributed by atoms with van der Waals surface area (Å²) in [5, 5.41) is 20.7. The highest BCUT2D eigenvalue weighted by Gasteiger charge is 2.38. The first-order valence-electron chi connectivity index (χ1n) is 13.8. The minimum absolute atomic E-state index is 0.0840. The van der Waals surface area contributed by atoms with E-state index >= 15 is 0 Å². The maximum absolute atomic E-state index is 9.68. The fraction of sp³-hybridized carbons (Fsp3) is 0.581. The molecule has 5 nitrogen and oxygen atoms in total. The molecule has 2 aliphatic heterocycles. The van der Waals surface area contributed by atoms with E-state index in [1.165, 1.54) is 59.4 Å². The highest BCUT2D eigenvalue weighted by atomic mass is 16.5. The zero-order valence-corrected chi connectivity index (χ0v) is 23.5. The van der Waals surface area contributed by atoms with E-state index in [0.717, 1.165) is 25.1 Å². The van der Waals surface area contributed by atoms with Crippen LogP contribution in [0.3, 0.4) is 0 Å². The predicted octanol–water partition coefficient (Wildman–Crippen LogP) is 7.46. The van der Waals surface area contributed by atoms with Crippen molar-refractivity contribution in [3.05, 3.63) is 63.6 Å². The van der Waals surface area contributed by atoms with Gasteiger partial charge in [0, 0.05) is 47.9 Å². The molecule has 0 radical (unpaired) electrons. The molecule has 0 bridgehead atoms. The van der Waals surface area contributed by atoms with Crippen molar-refractivity contribution >= 4 is 5.69 Å². The monoisotopic (exact) mass is 490 g/mol. The van der Waals surface area contributed by atoms with Crippen LogP contribution >= 0.6 is 0 Å². The van der Waals surface area contributed by atoms with Crippen LogP contribution in [0.4, 0.5) is 5.69 Å². The van der Waals surface area contributed by atoms with Crippen molar-refractivity contribution in [2.24, 2.45) is 5.41 Å². The molecule has 2 heterocycles. The lowest BCUT2D eigenvalue weighted by molar-refractivity contribution is 0.0675. The Morgan fingerprint density at radius 3 is 2.53 bits per heavy atom. The maximum Gasteiger partial charge on any atom is 0.152 e. The smallest absolute Gasteiger partial charge is 0.152 e. The first kappa shape index (κ1) is 27.9. The second kappa shape index (κ2) is 12.5. The Labute approximate surface area is 219 Å². The van der Waals surface area contributed by atoms with Gasteiger partial charge < -0.3 is 20.7 Å². The van der Waals surface area contributed by atoms with Crippen molar-refractivity contribution in [2.75, 3.05) is 18.5 Å². The molecule has 3 rings (SSSR count). The van der Waals surface area contributed by atoms with Gasteiger partial charge in [-0.25, -0.2) is 0 Å². The molecule has 0 spiro atoms. The summed E-state index contributed by atoms with van der Waals surface area (Å²) in [6.45, 7) is 16.9. The number of anilines is 1. The molecular weight excluding hydrogens is 444 g/mol. The van der Waals surface area contributed by atoms with E-state index in [-0.39, 0.29) is 17.6 Å². The Hall–Kier alpha value is -2.71. The molecule has 2 aliphatic rings. The topological polar surface area (TPSA) is 69.1 Å². The molecular formula is C31H46N4O. The van der Waals surface area contributed by atoms with Gasteiger partial charge in [-0.15, -0.1) is 0 Å². The van der Waals surface area contributed by atoms with Crippen LogP contribution in [0.15, 0.2) is 52.5 Å². The molecule has 2 unspecified atom stereocenters. The molecule has 0 aromatic heterocycles. The molecule has 1 aromatic rings. The van der Waals surface area contributed by atoms with Crippen molar-refractivity contribution in [2.45, 2.75) is 99.1 Å². The number of nitrogens with zero attached hydrogens (tertiary/aromatic N) is 1. The summed E-state index contributed by atoms with van der Waals surface area (Å²) >= 11 is 0. The number of hydrogen-bond acceptors (Lipinski definition) is 5. The number of dihydropyridines is 2. The van der Waals surface area contributed by atoms with E-state index in [1.807, 2.05) is 12.1 Å². The molecule has 0 saturated carbocycles. The van der Waals surface area contributed by atoms with Crippen molar-refractivity contribution in [3.63, 3.8) is 0 Å². The SMILES string of the molecule is CCCCCCC1=C(CC)NC2=C(C(OCC)NC=C2C)C1c1ccc(C#N)cc1NCC(C)(C)C. The summed E-state index contributed by atoms with van der Waals surface area (Å²) in [5.41, 5.74) is 9.48. The van der Waals surface area contributed by atoms with Crippen LogP contribution in [0.25, 0.3) is 0 Å². The van der Waals surface area contributed by atoms with Crippen molar-refractivity contribution in [1.29, 1.82) is 5.26 Å². The summed E-state index contributed by atoms with van der Waals surface area (Å²) in [4.78, 5) is 0. The minimum atomic E-state index is -0.193. The van der Waals surface area contributed by atoms with E-state index in [9.17, 15) is 5.26 Å². The zero-order valence-electron chi connectivity index (χ0n) is 23.5. The highest BCUT2D eigenvalue weighted by molar-refractivity contribution is 5.64. The third kappa shape index (κ3) is 6.53. The maximum atomic E-state index is 9.68. The average Bonchev–Trinajstić information content (AvgIpc) is 2.86. The lowest BCUT2D eigenvalue weighted by Crippen LogP contribution is -2.42. The molecule has 0 fully saturated rings. The van der Waals surface area contributed by atoms with Crippen molar-refractivity contribution in [3.8, 4) is 6.07 Å². The normalized spacial score (nSPS) is 19.8. The Morgan fingerprint density at radius 2 is 1.89 bits per heavy atom. The number of allylic oxidation sites excluding steroid dienone is 3. The number of ether oxygens (including phenoxy) is 1. The summed E-state index contributed by atoms with van der Waals surface area (Å²) in [7, 11) is 0. The zero-order chi connectivity index (χ0) is 26.3. The average molecular weight is 491 g/mol. The van der Waals surface area contributed by atoms with Crippen LogP contribution in [0.1, 0.15) is 104 Å². The molecule has 2 atom stereocenters. The van der Waals surface area contributed by atoms with Gasteiger partial charge >= 0.3 is 0 Å². The van der Waals surface area contributed by atoms with Crippen LogP contribution < -0.4 is 16.0 Å². The van der Waals surface area contributed by atoms with Crippen LogP contribution in [-0.4, -0.2) is 19.4 Å². The number of hydrogen-bond donors (Lipinski definition) is 3. The number of nitriles is 1. The second-order valence-electron chi connectivity index (χ2n) is 11.2. The van der Waals surface area contributed by atoms with Crippen LogP contribution in [0, 0.1) is 16.7 Å². The molecule has 5 heteroatoms. The second-order valence-corrected chi connectivity index (χ2v) is 11.2. The van der Waals surface area contributed by atoms with E-state index in [2.05, 4.69) is 82.8 Å². The molecule has 0 amide bonds. The first-order valence-corrected chi connectivity index (χ1v) is 13.8. The molecule has 0 saturated heterocycles. The number of unbranched alkanes of at least 4 members (excludes halogenated alkanes) is 3. The highest BCUT2D eigenvalue weighted by Crippen LogP contribution is 2.47. The van der Waals surface area contributed by atoms with Gasteiger partial charge in [0.15, 0.2) is 6.23 Å². The van der Waals surface area contributed by atoms with E-state index < -0.39 is 0 Å². The van der Waals surface area contributed by atoms with E-state index in [1.54, 1.807) is 0 Å². The lowest BCUT2D eigenvalue weighted by Gasteiger charge is -2.41. The van der Waals surface area contributed by atoms with Crippen LogP contribution in [-0.2, 0) is 4.74 Å². The summed E-state index contributed by atoms with van der Waals surface area (Å²) in [6, 6.07) is 8.50. The minimum Gasteiger partial charge on any atom is -0.384 e. The Balaban J connectivity index is 2.19. The number of benzene rings is 1.